The Morgan fingerprint density at radius 1 is 1.20 bits per heavy atom. The Morgan fingerprint density at radius 3 is 2.88 bits per heavy atom. The summed E-state index contributed by atoms with van der Waals surface area (Å²) in [5.41, 5.74) is 6.63. The van der Waals surface area contributed by atoms with E-state index in [0.29, 0.717) is 6.04 Å². The summed E-state index contributed by atoms with van der Waals surface area (Å²) < 4.78 is 0. The van der Waals surface area contributed by atoms with Crippen molar-refractivity contribution in [3.63, 3.8) is 0 Å². The molecule has 0 saturated heterocycles. The van der Waals surface area contributed by atoms with Gasteiger partial charge in [-0.2, -0.15) is 0 Å². The number of aromatic nitrogens is 1. The monoisotopic (exact) mass is 335 g/mol. The van der Waals surface area contributed by atoms with Gasteiger partial charge in [-0.25, -0.2) is 0 Å². The van der Waals surface area contributed by atoms with Crippen LogP contribution in [0.25, 0.3) is 10.9 Å². The van der Waals surface area contributed by atoms with E-state index in [0.717, 1.165) is 19.4 Å². The minimum absolute atomic E-state index is 0.306. The Hall–Kier alpha value is -2.10. The van der Waals surface area contributed by atoms with E-state index in [1.54, 1.807) is 0 Å². The fraction of sp³-hybridized carbons (Fsp3) is 0.364. The van der Waals surface area contributed by atoms with Gasteiger partial charge in [0.1, 0.15) is 18.7 Å². The highest BCUT2D eigenvalue weighted by Crippen LogP contribution is 2.33. The topological polar surface area (TPSA) is 52.6 Å². The Bertz CT molecular complexity index is 853. The first-order valence-corrected chi connectivity index (χ1v) is 9.37. The molecule has 1 aliphatic rings. The Labute approximate surface area is 149 Å². The first-order chi connectivity index (χ1) is 12.2. The van der Waals surface area contributed by atoms with Gasteiger partial charge in [-0.05, 0) is 43.0 Å². The molecule has 0 unspecified atom stereocenters. The number of hydrogen-bond donors (Lipinski definition) is 3. The van der Waals surface area contributed by atoms with E-state index >= 15 is 0 Å². The number of nitrogens with one attached hydrogen (secondary N) is 1. The zero-order chi connectivity index (χ0) is 17.2. The maximum Gasteiger partial charge on any atom is 0.127 e. The van der Waals surface area contributed by atoms with Crippen molar-refractivity contribution in [1.29, 1.82) is 0 Å². The van der Waals surface area contributed by atoms with Gasteiger partial charge in [0.25, 0.3) is 0 Å². The van der Waals surface area contributed by atoms with E-state index in [2.05, 4.69) is 47.6 Å². The number of hydrogen-bond acceptors (Lipinski definition) is 1. The molecule has 1 aromatic heterocycles. The number of aliphatic hydroxyl groups is 1. The van der Waals surface area contributed by atoms with Gasteiger partial charge in [0.2, 0.25) is 0 Å². The summed E-state index contributed by atoms with van der Waals surface area (Å²) in [6.07, 6.45) is 3.98. The molecular weight excluding hydrogens is 308 g/mol. The number of fused-ring (bicyclic) bond motifs is 3. The standard InChI is InChI=1S/C22H26N2O/c1-15-10-11-20-19(12-15)18-8-5-9-21(22(18)24-20)23-14-17(25)13-16-6-3-2-4-7-16/h2-4,6-7,10-12,17,21,23-25H,5,8-9,13-14H2,1H3/p+1/t17-,21-/m0/s1. The van der Waals surface area contributed by atoms with Crippen LogP contribution in [-0.2, 0) is 12.8 Å². The molecule has 1 aliphatic carbocycles. The van der Waals surface area contributed by atoms with Crippen LogP contribution in [0, 0.1) is 6.92 Å². The van der Waals surface area contributed by atoms with Crippen LogP contribution in [0.1, 0.15) is 41.3 Å². The van der Waals surface area contributed by atoms with Crippen molar-refractivity contribution in [3.05, 3.63) is 70.9 Å². The average Bonchev–Trinajstić information content (AvgIpc) is 2.99. The van der Waals surface area contributed by atoms with E-state index in [-0.39, 0.29) is 6.10 Å². The molecule has 0 fully saturated rings. The molecule has 130 valence electrons. The SMILES string of the molecule is Cc1ccc2[nH]c3c(c2c1)CCC[C@@H]3[NH2+]C[C@@H](O)Cc1ccccc1. The van der Waals surface area contributed by atoms with Crippen LogP contribution >= 0.6 is 0 Å². The lowest BCUT2D eigenvalue weighted by molar-refractivity contribution is -0.703. The van der Waals surface area contributed by atoms with Crippen molar-refractivity contribution in [2.45, 2.75) is 44.8 Å². The summed E-state index contributed by atoms with van der Waals surface area (Å²) in [5.74, 6) is 0. The van der Waals surface area contributed by atoms with E-state index in [4.69, 9.17) is 0 Å². The molecule has 3 aromatic rings. The Morgan fingerprint density at radius 2 is 2.04 bits per heavy atom. The van der Waals surface area contributed by atoms with Crippen LogP contribution in [0.5, 0.6) is 0 Å². The zero-order valence-corrected chi connectivity index (χ0v) is 14.8. The van der Waals surface area contributed by atoms with E-state index in [1.165, 1.54) is 46.1 Å². The van der Waals surface area contributed by atoms with Crippen LogP contribution < -0.4 is 5.32 Å². The maximum atomic E-state index is 10.4. The molecule has 0 bridgehead atoms. The summed E-state index contributed by atoms with van der Waals surface area (Å²) >= 11 is 0. The first kappa shape index (κ1) is 16.4. The highest BCUT2D eigenvalue weighted by molar-refractivity contribution is 5.85. The lowest BCUT2D eigenvalue weighted by Crippen LogP contribution is -2.87. The van der Waals surface area contributed by atoms with Crippen LogP contribution in [0.3, 0.4) is 0 Å². The number of quaternary nitrogens is 1. The van der Waals surface area contributed by atoms with Gasteiger partial charge in [-0.3, -0.25) is 0 Å². The van der Waals surface area contributed by atoms with Crippen molar-refractivity contribution in [2.75, 3.05) is 6.54 Å². The van der Waals surface area contributed by atoms with Crippen molar-refractivity contribution in [2.24, 2.45) is 0 Å². The molecule has 25 heavy (non-hydrogen) atoms. The number of nitrogens with two attached hydrogens (primary N) is 1. The molecule has 0 aliphatic heterocycles. The number of aromatic amines is 1. The summed E-state index contributed by atoms with van der Waals surface area (Å²) in [6, 6.07) is 17.4. The smallest absolute Gasteiger partial charge is 0.127 e. The molecule has 2 aromatic carbocycles. The predicted octanol–water partition coefficient (Wildman–Crippen LogP) is 3.02. The highest BCUT2D eigenvalue weighted by Gasteiger charge is 2.27. The van der Waals surface area contributed by atoms with Crippen LogP contribution in [0.2, 0.25) is 0 Å². The second-order valence-corrected chi connectivity index (χ2v) is 7.38. The van der Waals surface area contributed by atoms with E-state index in [1.807, 2.05) is 18.2 Å². The molecule has 3 nitrogen and oxygen atoms in total. The maximum absolute atomic E-state index is 10.4. The van der Waals surface area contributed by atoms with Crippen LogP contribution in [0.4, 0.5) is 0 Å². The third-order valence-electron chi connectivity index (χ3n) is 5.41. The molecule has 4 rings (SSSR count). The van der Waals surface area contributed by atoms with E-state index in [9.17, 15) is 5.11 Å². The number of benzene rings is 2. The molecule has 0 saturated carbocycles. The summed E-state index contributed by atoms with van der Waals surface area (Å²) in [4.78, 5) is 3.65. The lowest BCUT2D eigenvalue weighted by Gasteiger charge is -2.22. The molecule has 0 spiro atoms. The van der Waals surface area contributed by atoms with Crippen molar-refractivity contribution in [3.8, 4) is 0 Å². The molecule has 4 N–H and O–H groups in total. The number of aryl methyl sites for hydroxylation is 2. The largest absolute Gasteiger partial charge is 0.387 e. The van der Waals surface area contributed by atoms with Gasteiger partial charge in [0, 0.05) is 23.7 Å². The summed E-state index contributed by atoms with van der Waals surface area (Å²) in [7, 11) is 0. The quantitative estimate of drug-likeness (QED) is 0.659. The minimum atomic E-state index is -0.306. The number of aliphatic hydroxyl groups excluding tert-OH is 1. The predicted molar refractivity (Wildman–Crippen MR) is 102 cm³/mol. The minimum Gasteiger partial charge on any atom is -0.387 e. The van der Waals surface area contributed by atoms with Crippen molar-refractivity contribution in [1.82, 2.24) is 4.98 Å². The van der Waals surface area contributed by atoms with Crippen molar-refractivity contribution < 1.29 is 10.4 Å². The van der Waals surface area contributed by atoms with E-state index < -0.39 is 0 Å². The fourth-order valence-electron chi connectivity index (χ4n) is 4.14. The second-order valence-electron chi connectivity index (χ2n) is 7.38. The normalized spacial score (nSPS) is 18.2. The molecule has 0 radical (unpaired) electrons. The van der Waals surface area contributed by atoms with Gasteiger partial charge < -0.3 is 15.4 Å². The summed E-state index contributed by atoms with van der Waals surface area (Å²) in [6.45, 7) is 2.90. The summed E-state index contributed by atoms with van der Waals surface area (Å²) in [5, 5.41) is 14.1. The van der Waals surface area contributed by atoms with Gasteiger partial charge in [-0.15, -0.1) is 0 Å². The molecule has 3 heteroatoms. The third-order valence-corrected chi connectivity index (χ3v) is 5.41. The average molecular weight is 335 g/mol. The zero-order valence-electron chi connectivity index (χ0n) is 14.8. The molecule has 2 atom stereocenters. The third kappa shape index (κ3) is 3.48. The molecular formula is C22H27N2O+. The van der Waals surface area contributed by atoms with Gasteiger partial charge in [0.05, 0.1) is 5.69 Å². The second kappa shape index (κ2) is 7.03. The number of H-pyrrole nitrogens is 1. The van der Waals surface area contributed by atoms with Crippen LogP contribution in [0.15, 0.2) is 48.5 Å². The van der Waals surface area contributed by atoms with Crippen LogP contribution in [-0.4, -0.2) is 22.7 Å². The fourth-order valence-corrected chi connectivity index (χ4v) is 4.14. The van der Waals surface area contributed by atoms with Crippen molar-refractivity contribution >= 4 is 10.9 Å². The van der Waals surface area contributed by atoms with Gasteiger partial charge >= 0.3 is 0 Å². The Kier molecular flexibility index (Phi) is 4.60. The molecule has 1 heterocycles. The highest BCUT2D eigenvalue weighted by atomic mass is 16.3. The number of rotatable bonds is 5. The molecule has 0 amide bonds. The lowest BCUT2D eigenvalue weighted by atomic mass is 9.91. The van der Waals surface area contributed by atoms with Gasteiger partial charge in [-0.1, -0.05) is 42.0 Å². The Balaban J connectivity index is 1.47. The first-order valence-electron chi connectivity index (χ1n) is 9.37. The van der Waals surface area contributed by atoms with Gasteiger partial charge in [0.15, 0.2) is 0 Å².